The summed E-state index contributed by atoms with van der Waals surface area (Å²) in [7, 11) is 1.56. The molecule has 0 aliphatic rings. The van der Waals surface area contributed by atoms with Crippen molar-refractivity contribution in [3.05, 3.63) is 57.2 Å². The third kappa shape index (κ3) is 3.37. The number of halogens is 1. The van der Waals surface area contributed by atoms with E-state index in [1.165, 1.54) is 35.0 Å². The van der Waals surface area contributed by atoms with Crippen molar-refractivity contribution in [3.63, 3.8) is 0 Å². The number of carbonyl (C=O) groups is 1. The van der Waals surface area contributed by atoms with Crippen molar-refractivity contribution in [1.29, 1.82) is 0 Å². The van der Waals surface area contributed by atoms with Gasteiger partial charge in [-0.1, -0.05) is 11.6 Å². The number of thioether (sulfide) groups is 1. The van der Waals surface area contributed by atoms with Gasteiger partial charge in [-0.3, -0.25) is 4.79 Å². The van der Waals surface area contributed by atoms with Crippen LogP contribution < -0.4 is 4.90 Å². The number of pyridine rings is 1. The molecule has 2 rings (SSSR count). The highest BCUT2D eigenvalue weighted by atomic mass is 35.5. The summed E-state index contributed by atoms with van der Waals surface area (Å²) in [6, 6.07) is 7.93. The van der Waals surface area contributed by atoms with E-state index in [9.17, 15) is 14.9 Å². The molecule has 0 saturated heterocycles. The summed E-state index contributed by atoms with van der Waals surface area (Å²) in [6.45, 7) is 0. The normalized spacial score (nSPS) is 10.3. The molecule has 1 heterocycles. The molecule has 114 valence electrons. The standard InChI is InChI=1S/C14H12ClN3O3S/c1-17(9-3-6-13(16-8-9)18(20)21)14(19)11-7-10(22-2)4-5-12(11)15/h3-8H,1-2H3. The van der Waals surface area contributed by atoms with Crippen LogP contribution in [0.5, 0.6) is 0 Å². The lowest BCUT2D eigenvalue weighted by Crippen LogP contribution is -2.26. The highest BCUT2D eigenvalue weighted by molar-refractivity contribution is 7.98. The van der Waals surface area contributed by atoms with Crippen molar-refractivity contribution in [1.82, 2.24) is 4.98 Å². The molecule has 0 aliphatic carbocycles. The zero-order valence-corrected chi connectivity index (χ0v) is 13.4. The molecule has 2 aromatic rings. The molecule has 0 N–H and O–H groups in total. The monoisotopic (exact) mass is 337 g/mol. The van der Waals surface area contributed by atoms with Crippen LogP contribution in [0.1, 0.15) is 10.4 Å². The molecule has 6 nitrogen and oxygen atoms in total. The quantitative estimate of drug-likeness (QED) is 0.483. The first kappa shape index (κ1) is 16.3. The average molecular weight is 338 g/mol. The van der Waals surface area contributed by atoms with E-state index in [-0.39, 0.29) is 11.7 Å². The Hall–Kier alpha value is -2.12. The van der Waals surface area contributed by atoms with Crippen molar-refractivity contribution in [2.75, 3.05) is 18.2 Å². The Kier molecular flexibility index (Phi) is 4.99. The van der Waals surface area contributed by atoms with Gasteiger partial charge in [0.1, 0.15) is 0 Å². The largest absolute Gasteiger partial charge is 0.363 e. The van der Waals surface area contributed by atoms with E-state index in [0.29, 0.717) is 16.3 Å². The summed E-state index contributed by atoms with van der Waals surface area (Å²) in [5.41, 5.74) is 0.815. The summed E-state index contributed by atoms with van der Waals surface area (Å²) >= 11 is 7.59. The van der Waals surface area contributed by atoms with Gasteiger partial charge in [-0.15, -0.1) is 11.8 Å². The van der Waals surface area contributed by atoms with Gasteiger partial charge in [0.25, 0.3) is 5.91 Å². The fourth-order valence-corrected chi connectivity index (χ4v) is 2.42. The highest BCUT2D eigenvalue weighted by Gasteiger charge is 2.19. The molecule has 22 heavy (non-hydrogen) atoms. The number of benzene rings is 1. The van der Waals surface area contributed by atoms with Crippen LogP contribution in [0, 0.1) is 10.1 Å². The lowest BCUT2D eigenvalue weighted by molar-refractivity contribution is -0.389. The maximum absolute atomic E-state index is 12.5. The molecule has 1 aromatic heterocycles. The topological polar surface area (TPSA) is 76.3 Å². The maximum atomic E-state index is 12.5. The summed E-state index contributed by atoms with van der Waals surface area (Å²) in [5.74, 6) is -0.580. The molecule has 0 fully saturated rings. The second kappa shape index (κ2) is 6.76. The van der Waals surface area contributed by atoms with Gasteiger partial charge < -0.3 is 15.0 Å². The minimum Gasteiger partial charge on any atom is -0.358 e. The van der Waals surface area contributed by atoms with Crippen LogP contribution >= 0.6 is 23.4 Å². The smallest absolute Gasteiger partial charge is 0.358 e. The number of amides is 1. The predicted octanol–water partition coefficient (Wildman–Crippen LogP) is 3.64. The summed E-state index contributed by atoms with van der Waals surface area (Å²) < 4.78 is 0. The van der Waals surface area contributed by atoms with Gasteiger partial charge in [-0.05, 0) is 40.4 Å². The van der Waals surface area contributed by atoms with Crippen molar-refractivity contribution >= 4 is 40.8 Å². The Morgan fingerprint density at radius 3 is 2.64 bits per heavy atom. The summed E-state index contributed by atoms with van der Waals surface area (Å²) in [6.07, 6.45) is 3.18. The lowest BCUT2D eigenvalue weighted by Gasteiger charge is -2.17. The van der Waals surface area contributed by atoms with Crippen molar-refractivity contribution < 1.29 is 9.72 Å². The Bertz CT molecular complexity index is 722. The van der Waals surface area contributed by atoms with Gasteiger partial charge in [0.15, 0.2) is 6.20 Å². The molecule has 0 saturated carbocycles. The van der Waals surface area contributed by atoms with Gasteiger partial charge in [-0.25, -0.2) is 0 Å². The van der Waals surface area contributed by atoms with Crippen LogP contribution in [0.2, 0.25) is 5.02 Å². The summed E-state index contributed by atoms with van der Waals surface area (Å²) in [5, 5.41) is 10.9. The van der Waals surface area contributed by atoms with E-state index < -0.39 is 4.92 Å². The van der Waals surface area contributed by atoms with E-state index >= 15 is 0 Å². The molecule has 1 aromatic carbocycles. The maximum Gasteiger partial charge on any atom is 0.363 e. The zero-order valence-electron chi connectivity index (χ0n) is 11.8. The second-order valence-electron chi connectivity index (χ2n) is 4.34. The minimum absolute atomic E-state index is 0.271. The van der Waals surface area contributed by atoms with Gasteiger partial charge >= 0.3 is 5.82 Å². The van der Waals surface area contributed by atoms with Gasteiger partial charge in [0.2, 0.25) is 0 Å². The molecule has 0 aliphatic heterocycles. The second-order valence-corrected chi connectivity index (χ2v) is 5.63. The molecular weight excluding hydrogens is 326 g/mol. The minimum atomic E-state index is -0.593. The van der Waals surface area contributed by atoms with Crippen LogP contribution in [0.4, 0.5) is 11.5 Å². The SMILES string of the molecule is CSc1ccc(Cl)c(C(=O)N(C)c2ccc([N+](=O)[O-])nc2)c1. The Morgan fingerprint density at radius 1 is 1.36 bits per heavy atom. The average Bonchev–Trinajstić information content (AvgIpc) is 2.54. The molecule has 1 amide bonds. The van der Waals surface area contributed by atoms with Crippen LogP contribution in [0.15, 0.2) is 41.4 Å². The van der Waals surface area contributed by atoms with Crippen LogP contribution in [-0.2, 0) is 0 Å². The molecule has 0 atom stereocenters. The number of hydrogen-bond acceptors (Lipinski definition) is 5. The third-order valence-corrected chi connectivity index (χ3v) is 4.07. The fourth-order valence-electron chi connectivity index (χ4n) is 1.78. The van der Waals surface area contributed by atoms with E-state index in [1.54, 1.807) is 19.2 Å². The van der Waals surface area contributed by atoms with Gasteiger partial charge in [-0.2, -0.15) is 0 Å². The molecule has 0 bridgehead atoms. The van der Waals surface area contributed by atoms with Crippen LogP contribution in [0.25, 0.3) is 0 Å². The number of rotatable bonds is 4. The van der Waals surface area contributed by atoms with Gasteiger partial charge in [0, 0.05) is 18.0 Å². The fraction of sp³-hybridized carbons (Fsp3) is 0.143. The van der Waals surface area contributed by atoms with Crippen molar-refractivity contribution in [3.8, 4) is 0 Å². The Balaban J connectivity index is 2.30. The first-order valence-corrected chi connectivity index (χ1v) is 7.76. The van der Waals surface area contributed by atoms with Crippen LogP contribution in [-0.4, -0.2) is 29.1 Å². The number of aromatic nitrogens is 1. The zero-order chi connectivity index (χ0) is 16.3. The molecule has 0 radical (unpaired) electrons. The predicted molar refractivity (Wildman–Crippen MR) is 86.9 cm³/mol. The number of hydrogen-bond donors (Lipinski definition) is 0. The highest BCUT2D eigenvalue weighted by Crippen LogP contribution is 2.25. The molecule has 8 heteroatoms. The lowest BCUT2D eigenvalue weighted by atomic mass is 10.2. The number of anilines is 1. The Labute approximate surface area is 136 Å². The first-order chi connectivity index (χ1) is 10.4. The summed E-state index contributed by atoms with van der Waals surface area (Å²) in [4.78, 5) is 28.5. The first-order valence-electron chi connectivity index (χ1n) is 6.16. The third-order valence-electron chi connectivity index (χ3n) is 3.02. The van der Waals surface area contributed by atoms with Gasteiger partial charge in [0.05, 0.1) is 16.3 Å². The van der Waals surface area contributed by atoms with Crippen molar-refractivity contribution in [2.45, 2.75) is 4.90 Å². The number of nitrogens with zero attached hydrogens (tertiary/aromatic N) is 3. The number of nitro groups is 1. The van der Waals surface area contributed by atoms with E-state index in [4.69, 9.17) is 11.6 Å². The molecule has 0 spiro atoms. The van der Waals surface area contributed by atoms with E-state index in [2.05, 4.69) is 4.98 Å². The van der Waals surface area contributed by atoms with Crippen LogP contribution in [0.3, 0.4) is 0 Å². The molecular formula is C14H12ClN3O3S. The van der Waals surface area contributed by atoms with Crippen molar-refractivity contribution in [2.24, 2.45) is 0 Å². The van der Waals surface area contributed by atoms with E-state index in [1.807, 2.05) is 12.3 Å². The Morgan fingerprint density at radius 2 is 2.09 bits per heavy atom. The molecule has 0 unspecified atom stereocenters. The number of carbonyl (C=O) groups excluding carboxylic acids is 1. The van der Waals surface area contributed by atoms with E-state index in [0.717, 1.165) is 4.90 Å².